The number of aryl methyl sites for hydroxylation is 1. The van der Waals surface area contributed by atoms with Crippen LogP contribution in [-0.2, 0) is 22.6 Å². The Morgan fingerprint density at radius 3 is 2.68 bits per heavy atom. The Hall–Kier alpha value is -2.72. The summed E-state index contributed by atoms with van der Waals surface area (Å²) in [6, 6.07) is 3.58. The molecule has 10 heteroatoms. The summed E-state index contributed by atoms with van der Waals surface area (Å²) in [6.45, 7) is 5.30. The van der Waals surface area contributed by atoms with Crippen LogP contribution in [0.15, 0.2) is 21.1 Å². The van der Waals surface area contributed by atoms with Crippen LogP contribution >= 0.6 is 0 Å². The van der Waals surface area contributed by atoms with E-state index in [-0.39, 0.29) is 17.4 Å². The summed E-state index contributed by atoms with van der Waals surface area (Å²) in [5.41, 5.74) is -0.364. The summed E-state index contributed by atoms with van der Waals surface area (Å²) < 4.78 is 17.0. The van der Waals surface area contributed by atoms with Gasteiger partial charge in [-0.15, -0.1) is 0 Å². The van der Waals surface area contributed by atoms with E-state index >= 15 is 0 Å². The molecule has 2 aliphatic heterocycles. The topological polar surface area (TPSA) is 105 Å². The van der Waals surface area contributed by atoms with Crippen LogP contribution in [0.1, 0.15) is 47.3 Å². The number of hydrogen-bond acceptors (Lipinski definition) is 8. The number of ether oxygens (including phenoxy) is 1. The van der Waals surface area contributed by atoms with Gasteiger partial charge in [0, 0.05) is 34.1 Å². The highest BCUT2D eigenvalue weighted by atomic mass is 16.5. The monoisotopic (exact) mass is 431 g/mol. The molecule has 2 aromatic rings. The Kier molecular flexibility index (Phi) is 6.10. The van der Waals surface area contributed by atoms with Crippen LogP contribution in [0, 0.1) is 6.92 Å². The van der Waals surface area contributed by atoms with E-state index in [2.05, 4.69) is 15.0 Å². The first kappa shape index (κ1) is 21.5. The predicted molar refractivity (Wildman–Crippen MR) is 109 cm³/mol. The van der Waals surface area contributed by atoms with E-state index in [0.717, 1.165) is 31.7 Å². The molecule has 0 aromatic carbocycles. The summed E-state index contributed by atoms with van der Waals surface area (Å²) in [7, 11) is 3.41. The van der Waals surface area contributed by atoms with Crippen molar-refractivity contribution in [3.63, 3.8) is 0 Å². The van der Waals surface area contributed by atoms with Crippen LogP contribution in [0.2, 0.25) is 0 Å². The fourth-order valence-corrected chi connectivity index (χ4v) is 4.15. The molecule has 0 atom stereocenters. The molecule has 0 saturated carbocycles. The third-order valence-corrected chi connectivity index (χ3v) is 5.88. The van der Waals surface area contributed by atoms with E-state index in [4.69, 9.17) is 13.7 Å². The molecule has 0 unspecified atom stereocenters. The highest BCUT2D eigenvalue weighted by Crippen LogP contribution is 2.31. The van der Waals surface area contributed by atoms with Crippen molar-refractivity contribution in [2.45, 2.75) is 44.9 Å². The van der Waals surface area contributed by atoms with E-state index in [1.807, 2.05) is 6.07 Å². The summed E-state index contributed by atoms with van der Waals surface area (Å²) in [5.74, 6) is 2.04. The number of rotatable bonds is 5. The highest BCUT2D eigenvalue weighted by Gasteiger charge is 2.40. The molecule has 2 aromatic heterocycles. The minimum absolute atomic E-state index is 0.0513. The van der Waals surface area contributed by atoms with Gasteiger partial charge in [0.05, 0.1) is 38.3 Å². The summed E-state index contributed by atoms with van der Waals surface area (Å²) in [5, 5.41) is 3.93. The maximum Gasteiger partial charge on any atom is 0.289 e. The normalized spacial score (nSPS) is 19.6. The Morgan fingerprint density at radius 2 is 2.00 bits per heavy atom. The number of likely N-dealkylation sites (tertiary alicyclic amines) is 1. The molecule has 1 spiro atoms. The minimum Gasteiger partial charge on any atom is -0.455 e. The molecule has 4 heterocycles. The Bertz CT molecular complexity index is 928. The van der Waals surface area contributed by atoms with Gasteiger partial charge in [-0.25, -0.2) is 0 Å². The van der Waals surface area contributed by atoms with Crippen LogP contribution in [0.3, 0.4) is 0 Å². The van der Waals surface area contributed by atoms with Crippen molar-refractivity contribution in [1.29, 1.82) is 0 Å². The zero-order chi connectivity index (χ0) is 22.0. The van der Waals surface area contributed by atoms with E-state index in [9.17, 15) is 9.59 Å². The lowest BCUT2D eigenvalue weighted by molar-refractivity contribution is -0.132. The SMILES string of the molecule is Cc1nc(CN2CC3(CCN(Cc4ccc(C(=O)N(C)C)o4)CC3)OCCC2=O)no1. The number of nitrogens with zero attached hydrogens (tertiary/aromatic N) is 5. The minimum atomic E-state index is -0.364. The summed E-state index contributed by atoms with van der Waals surface area (Å²) in [4.78, 5) is 34.4. The second kappa shape index (κ2) is 8.80. The largest absolute Gasteiger partial charge is 0.455 e. The second-order valence-electron chi connectivity index (χ2n) is 8.50. The van der Waals surface area contributed by atoms with Crippen molar-refractivity contribution in [2.75, 3.05) is 40.3 Å². The number of hydrogen-bond donors (Lipinski definition) is 0. The lowest BCUT2D eigenvalue weighted by atomic mass is 9.90. The first-order valence-corrected chi connectivity index (χ1v) is 10.6. The molecule has 0 N–H and O–H groups in total. The van der Waals surface area contributed by atoms with Crippen molar-refractivity contribution in [3.8, 4) is 0 Å². The molecule has 10 nitrogen and oxygen atoms in total. The van der Waals surface area contributed by atoms with Gasteiger partial charge in [0.2, 0.25) is 11.8 Å². The van der Waals surface area contributed by atoms with Gasteiger partial charge in [0.25, 0.3) is 5.91 Å². The molecular formula is C21H29N5O5. The number of carbonyl (C=O) groups is 2. The molecule has 2 amide bonds. The summed E-state index contributed by atoms with van der Waals surface area (Å²) in [6.07, 6.45) is 1.98. The zero-order valence-corrected chi connectivity index (χ0v) is 18.3. The number of furan rings is 1. The average Bonchev–Trinajstić information content (AvgIpc) is 3.34. The molecule has 2 fully saturated rings. The lowest BCUT2D eigenvalue weighted by Crippen LogP contribution is -2.51. The van der Waals surface area contributed by atoms with Crippen LogP contribution in [-0.4, -0.2) is 82.6 Å². The Labute approximate surface area is 181 Å². The van der Waals surface area contributed by atoms with Crippen molar-refractivity contribution in [3.05, 3.63) is 35.4 Å². The van der Waals surface area contributed by atoms with Gasteiger partial charge < -0.3 is 23.5 Å². The third-order valence-electron chi connectivity index (χ3n) is 5.88. The molecule has 2 saturated heterocycles. The van der Waals surface area contributed by atoms with Crippen molar-refractivity contribution < 1.29 is 23.3 Å². The first-order chi connectivity index (χ1) is 14.8. The van der Waals surface area contributed by atoms with E-state index < -0.39 is 0 Å². The maximum absolute atomic E-state index is 12.6. The van der Waals surface area contributed by atoms with Gasteiger partial charge in [0.1, 0.15) is 5.76 Å². The van der Waals surface area contributed by atoms with Gasteiger partial charge in [-0.2, -0.15) is 4.98 Å². The lowest BCUT2D eigenvalue weighted by Gasteiger charge is -2.42. The number of carbonyl (C=O) groups excluding carboxylic acids is 2. The smallest absolute Gasteiger partial charge is 0.289 e. The van der Waals surface area contributed by atoms with Crippen LogP contribution < -0.4 is 0 Å². The third kappa shape index (κ3) is 4.96. The van der Waals surface area contributed by atoms with Gasteiger partial charge in [-0.1, -0.05) is 5.16 Å². The standard InChI is InChI=1S/C21H29N5O5/c1-15-22-18(23-31-15)13-26-14-21(29-11-6-19(26)27)7-9-25(10-8-21)12-16-4-5-17(30-16)20(28)24(2)3/h4-5H,6-14H2,1-3H3. The molecule has 168 valence electrons. The van der Waals surface area contributed by atoms with Crippen LogP contribution in [0.5, 0.6) is 0 Å². The van der Waals surface area contributed by atoms with Gasteiger partial charge >= 0.3 is 0 Å². The summed E-state index contributed by atoms with van der Waals surface area (Å²) >= 11 is 0. The Balaban J connectivity index is 1.36. The van der Waals surface area contributed by atoms with E-state index in [1.165, 1.54) is 4.90 Å². The van der Waals surface area contributed by atoms with Crippen LogP contribution in [0.4, 0.5) is 0 Å². The second-order valence-corrected chi connectivity index (χ2v) is 8.50. The number of piperidine rings is 1. The molecule has 0 bridgehead atoms. The molecule has 31 heavy (non-hydrogen) atoms. The van der Waals surface area contributed by atoms with Gasteiger partial charge in [0.15, 0.2) is 11.6 Å². The number of amides is 2. The average molecular weight is 431 g/mol. The van der Waals surface area contributed by atoms with E-state index in [1.54, 1.807) is 32.0 Å². The van der Waals surface area contributed by atoms with E-state index in [0.29, 0.717) is 50.1 Å². The maximum atomic E-state index is 12.6. The first-order valence-electron chi connectivity index (χ1n) is 10.6. The molecular weight excluding hydrogens is 402 g/mol. The fraction of sp³-hybridized carbons (Fsp3) is 0.619. The molecule has 4 rings (SSSR count). The zero-order valence-electron chi connectivity index (χ0n) is 18.3. The van der Waals surface area contributed by atoms with Crippen molar-refractivity contribution >= 4 is 11.8 Å². The van der Waals surface area contributed by atoms with Gasteiger partial charge in [-0.3, -0.25) is 14.5 Å². The van der Waals surface area contributed by atoms with Crippen molar-refractivity contribution in [1.82, 2.24) is 24.8 Å². The van der Waals surface area contributed by atoms with Gasteiger partial charge in [-0.05, 0) is 25.0 Å². The molecule has 2 aliphatic rings. The van der Waals surface area contributed by atoms with Crippen molar-refractivity contribution in [2.24, 2.45) is 0 Å². The molecule has 0 radical (unpaired) electrons. The van der Waals surface area contributed by atoms with Crippen LogP contribution in [0.25, 0.3) is 0 Å². The predicted octanol–water partition coefficient (Wildman–Crippen LogP) is 1.46. The highest BCUT2D eigenvalue weighted by molar-refractivity contribution is 5.91. The Morgan fingerprint density at radius 1 is 1.23 bits per heavy atom. The fourth-order valence-electron chi connectivity index (χ4n) is 4.15. The number of aromatic nitrogens is 2. The quantitative estimate of drug-likeness (QED) is 0.701. The molecule has 0 aliphatic carbocycles.